The number of rotatable bonds is 10. The zero-order valence-corrected chi connectivity index (χ0v) is 12.7. The summed E-state index contributed by atoms with van der Waals surface area (Å²) in [5.41, 5.74) is 3.60. The van der Waals surface area contributed by atoms with Crippen LogP contribution < -0.4 is 5.32 Å². The summed E-state index contributed by atoms with van der Waals surface area (Å²) in [6.07, 6.45) is 1.06. The molecular weight excluding hydrogens is 242 g/mol. The van der Waals surface area contributed by atoms with Crippen LogP contribution in [0.1, 0.15) is 30.3 Å². The lowest BCUT2D eigenvalue weighted by Crippen LogP contribution is -2.19. The van der Waals surface area contributed by atoms with Crippen molar-refractivity contribution in [2.75, 3.05) is 33.5 Å². The number of aryl methyl sites for hydroxylation is 1. The molecule has 0 amide bonds. The number of hydrogen-bond donors (Lipinski definition) is 1. The van der Waals surface area contributed by atoms with Crippen LogP contribution in [0.4, 0.5) is 0 Å². The van der Waals surface area contributed by atoms with Crippen molar-refractivity contribution in [1.29, 1.82) is 0 Å². The molecule has 0 atom stereocenters. The Morgan fingerprint density at radius 2 is 2.00 bits per heavy atom. The van der Waals surface area contributed by atoms with Gasteiger partial charge in [-0.3, -0.25) is 4.68 Å². The minimum atomic E-state index is 0.729. The third-order valence-corrected chi connectivity index (χ3v) is 3.11. The van der Waals surface area contributed by atoms with Crippen LogP contribution in [-0.2, 0) is 22.6 Å². The number of nitrogens with one attached hydrogen (secondary N) is 1. The predicted molar refractivity (Wildman–Crippen MR) is 76.4 cm³/mol. The van der Waals surface area contributed by atoms with Gasteiger partial charge in [0.05, 0.1) is 25.5 Å². The molecule has 0 radical (unpaired) electrons. The van der Waals surface area contributed by atoms with Crippen LogP contribution in [0.25, 0.3) is 0 Å². The maximum Gasteiger partial charge on any atom is 0.0662 e. The van der Waals surface area contributed by atoms with E-state index in [1.807, 2.05) is 4.68 Å². The van der Waals surface area contributed by atoms with Crippen molar-refractivity contribution in [1.82, 2.24) is 15.1 Å². The smallest absolute Gasteiger partial charge is 0.0662 e. The van der Waals surface area contributed by atoms with Gasteiger partial charge in [-0.15, -0.1) is 0 Å². The number of aromatic nitrogens is 2. The highest BCUT2D eigenvalue weighted by atomic mass is 16.5. The SMILES string of the molecule is CCCOCCn1nc(C)c(CNCCOC)c1C. The van der Waals surface area contributed by atoms with E-state index in [4.69, 9.17) is 9.47 Å². The van der Waals surface area contributed by atoms with Gasteiger partial charge in [0.2, 0.25) is 0 Å². The number of methoxy groups -OCH3 is 1. The molecule has 110 valence electrons. The van der Waals surface area contributed by atoms with Crippen LogP contribution in [0.2, 0.25) is 0 Å². The Morgan fingerprint density at radius 3 is 2.68 bits per heavy atom. The fourth-order valence-electron chi connectivity index (χ4n) is 1.99. The third-order valence-electron chi connectivity index (χ3n) is 3.11. The van der Waals surface area contributed by atoms with Crippen molar-refractivity contribution in [2.24, 2.45) is 0 Å². The largest absolute Gasteiger partial charge is 0.383 e. The van der Waals surface area contributed by atoms with Gasteiger partial charge in [-0.1, -0.05) is 6.92 Å². The lowest BCUT2D eigenvalue weighted by molar-refractivity contribution is 0.124. The first-order chi connectivity index (χ1) is 9.20. The van der Waals surface area contributed by atoms with Gasteiger partial charge in [0.1, 0.15) is 0 Å². The second-order valence-electron chi connectivity index (χ2n) is 4.65. The van der Waals surface area contributed by atoms with Crippen LogP contribution in [-0.4, -0.2) is 43.3 Å². The molecule has 0 aliphatic carbocycles. The van der Waals surface area contributed by atoms with Crippen LogP contribution in [0, 0.1) is 13.8 Å². The van der Waals surface area contributed by atoms with Gasteiger partial charge in [-0.05, 0) is 20.3 Å². The molecule has 5 heteroatoms. The Morgan fingerprint density at radius 1 is 1.21 bits per heavy atom. The van der Waals surface area contributed by atoms with E-state index < -0.39 is 0 Å². The molecule has 1 aromatic rings. The van der Waals surface area contributed by atoms with E-state index in [9.17, 15) is 0 Å². The summed E-state index contributed by atoms with van der Waals surface area (Å²) >= 11 is 0. The van der Waals surface area contributed by atoms with Gasteiger partial charge in [-0.2, -0.15) is 5.10 Å². The molecule has 0 aliphatic heterocycles. The van der Waals surface area contributed by atoms with Crippen molar-refractivity contribution in [3.63, 3.8) is 0 Å². The Labute approximate surface area is 116 Å². The highest BCUT2D eigenvalue weighted by Gasteiger charge is 2.10. The van der Waals surface area contributed by atoms with Crippen LogP contribution >= 0.6 is 0 Å². The quantitative estimate of drug-likeness (QED) is 0.656. The molecule has 0 saturated heterocycles. The normalized spacial score (nSPS) is 11.2. The van der Waals surface area contributed by atoms with E-state index in [0.717, 1.165) is 51.6 Å². The van der Waals surface area contributed by atoms with E-state index in [2.05, 4.69) is 31.2 Å². The summed E-state index contributed by atoms with van der Waals surface area (Å²) < 4.78 is 12.6. The second-order valence-corrected chi connectivity index (χ2v) is 4.65. The zero-order valence-electron chi connectivity index (χ0n) is 12.7. The van der Waals surface area contributed by atoms with E-state index in [0.29, 0.717) is 0 Å². The lowest BCUT2D eigenvalue weighted by atomic mass is 10.2. The summed E-state index contributed by atoms with van der Waals surface area (Å²) in [5.74, 6) is 0. The first-order valence-electron chi connectivity index (χ1n) is 7.01. The molecular formula is C14H27N3O2. The van der Waals surface area contributed by atoms with Crippen molar-refractivity contribution in [2.45, 2.75) is 40.3 Å². The monoisotopic (exact) mass is 269 g/mol. The fourth-order valence-corrected chi connectivity index (χ4v) is 1.99. The fraction of sp³-hybridized carbons (Fsp3) is 0.786. The lowest BCUT2D eigenvalue weighted by Gasteiger charge is -2.07. The van der Waals surface area contributed by atoms with Gasteiger partial charge < -0.3 is 14.8 Å². The minimum Gasteiger partial charge on any atom is -0.383 e. The first kappa shape index (κ1) is 16.1. The molecule has 0 unspecified atom stereocenters. The summed E-state index contributed by atoms with van der Waals surface area (Å²) in [6, 6.07) is 0. The average molecular weight is 269 g/mol. The van der Waals surface area contributed by atoms with E-state index in [-0.39, 0.29) is 0 Å². The molecule has 0 spiro atoms. The molecule has 1 heterocycles. The molecule has 0 saturated carbocycles. The number of nitrogens with zero attached hydrogens (tertiary/aromatic N) is 2. The summed E-state index contributed by atoms with van der Waals surface area (Å²) in [7, 11) is 1.71. The molecule has 5 nitrogen and oxygen atoms in total. The first-order valence-corrected chi connectivity index (χ1v) is 7.01. The van der Waals surface area contributed by atoms with E-state index in [1.54, 1.807) is 7.11 Å². The minimum absolute atomic E-state index is 0.729. The molecule has 0 aromatic carbocycles. The second kappa shape index (κ2) is 9.07. The Hall–Kier alpha value is -0.910. The van der Waals surface area contributed by atoms with Gasteiger partial charge in [0.25, 0.3) is 0 Å². The highest BCUT2D eigenvalue weighted by molar-refractivity contribution is 5.24. The third kappa shape index (κ3) is 5.30. The Kier molecular flexibility index (Phi) is 7.70. The summed E-state index contributed by atoms with van der Waals surface area (Å²) in [4.78, 5) is 0. The highest BCUT2D eigenvalue weighted by Crippen LogP contribution is 2.12. The van der Waals surface area contributed by atoms with Crippen molar-refractivity contribution in [3.8, 4) is 0 Å². The molecule has 1 rings (SSSR count). The molecule has 19 heavy (non-hydrogen) atoms. The van der Waals surface area contributed by atoms with E-state index >= 15 is 0 Å². The Bertz CT molecular complexity index is 364. The van der Waals surface area contributed by atoms with Gasteiger partial charge in [0, 0.05) is 38.1 Å². The topological polar surface area (TPSA) is 48.3 Å². The van der Waals surface area contributed by atoms with Gasteiger partial charge >= 0.3 is 0 Å². The van der Waals surface area contributed by atoms with E-state index in [1.165, 1.54) is 11.3 Å². The standard InChI is InChI=1S/C14H27N3O2/c1-5-8-19-10-7-17-13(3)14(12(2)16-17)11-15-6-9-18-4/h15H,5-11H2,1-4H3. The molecule has 0 bridgehead atoms. The predicted octanol–water partition coefficient (Wildman–Crippen LogP) is 1.66. The number of ether oxygens (including phenoxy) is 2. The molecule has 0 aliphatic rings. The van der Waals surface area contributed by atoms with Crippen molar-refractivity contribution >= 4 is 0 Å². The number of hydrogen-bond acceptors (Lipinski definition) is 4. The molecule has 1 N–H and O–H groups in total. The summed E-state index contributed by atoms with van der Waals surface area (Å²) in [5, 5.41) is 7.94. The van der Waals surface area contributed by atoms with Crippen LogP contribution in [0.3, 0.4) is 0 Å². The van der Waals surface area contributed by atoms with Gasteiger partial charge in [-0.25, -0.2) is 0 Å². The van der Waals surface area contributed by atoms with Gasteiger partial charge in [0.15, 0.2) is 0 Å². The maximum atomic E-state index is 5.51. The Balaban J connectivity index is 2.46. The van der Waals surface area contributed by atoms with Crippen LogP contribution in [0.5, 0.6) is 0 Å². The average Bonchev–Trinajstić information content (AvgIpc) is 2.67. The van der Waals surface area contributed by atoms with Crippen molar-refractivity contribution in [3.05, 3.63) is 17.0 Å². The maximum absolute atomic E-state index is 5.51. The molecule has 0 fully saturated rings. The summed E-state index contributed by atoms with van der Waals surface area (Å²) in [6.45, 7) is 11.1. The molecule has 1 aromatic heterocycles. The zero-order chi connectivity index (χ0) is 14.1. The van der Waals surface area contributed by atoms with Crippen LogP contribution in [0.15, 0.2) is 0 Å². The van der Waals surface area contributed by atoms with Crippen molar-refractivity contribution < 1.29 is 9.47 Å².